The van der Waals surface area contributed by atoms with Crippen molar-refractivity contribution < 1.29 is 19.8 Å². The number of benzene rings is 2. The van der Waals surface area contributed by atoms with E-state index in [0.717, 1.165) is 0 Å². The molecule has 0 aliphatic carbocycles. The Hall–Kier alpha value is -2.02. The summed E-state index contributed by atoms with van der Waals surface area (Å²) < 4.78 is 0. The topological polar surface area (TPSA) is 74.6 Å². The van der Waals surface area contributed by atoms with E-state index in [-0.39, 0.29) is 30.0 Å². The molecule has 2 rings (SSSR count). The van der Waals surface area contributed by atoms with Gasteiger partial charge in [0.1, 0.15) is 0 Å². The van der Waals surface area contributed by atoms with Gasteiger partial charge in [0.15, 0.2) is 0 Å². The van der Waals surface area contributed by atoms with Crippen molar-refractivity contribution >= 4 is 30.8 Å². The molecule has 0 fully saturated rings. The van der Waals surface area contributed by atoms with E-state index in [1.165, 1.54) is 24.3 Å². The van der Waals surface area contributed by atoms with Gasteiger partial charge in [0.25, 0.3) is 0 Å². The Bertz CT molecular complexity index is 540. The van der Waals surface area contributed by atoms with Gasteiger partial charge >= 0.3 is 30.8 Å². The standard InChI is InChI=1S/C15H12O4.Li.H/c16-13(17)15(14(18)19,11-7-3-1-4-8-11)12-9-5-2-6-10-12;;/h1-10H,(H,16,17)(H,18,19);;. The summed E-state index contributed by atoms with van der Waals surface area (Å²) in [4.78, 5) is 23.4. The molecular weight excluding hydrogens is 251 g/mol. The minimum absolute atomic E-state index is 0. The summed E-state index contributed by atoms with van der Waals surface area (Å²) in [5.41, 5.74) is -1.63. The summed E-state index contributed by atoms with van der Waals surface area (Å²) in [6.07, 6.45) is 0. The molecule has 0 aromatic heterocycles. The van der Waals surface area contributed by atoms with E-state index >= 15 is 0 Å². The monoisotopic (exact) mass is 264 g/mol. The van der Waals surface area contributed by atoms with Crippen molar-refractivity contribution in [2.45, 2.75) is 5.41 Å². The van der Waals surface area contributed by atoms with Crippen LogP contribution in [0, 0.1) is 0 Å². The van der Waals surface area contributed by atoms with Gasteiger partial charge in [-0.05, 0) is 11.1 Å². The molecule has 5 heteroatoms. The second-order valence-electron chi connectivity index (χ2n) is 4.09. The zero-order valence-corrected chi connectivity index (χ0v) is 9.98. The summed E-state index contributed by atoms with van der Waals surface area (Å²) in [5.74, 6) is -2.81. The van der Waals surface area contributed by atoms with Gasteiger partial charge < -0.3 is 10.2 Å². The van der Waals surface area contributed by atoms with Crippen LogP contribution in [0.1, 0.15) is 11.1 Å². The molecule has 0 amide bonds. The summed E-state index contributed by atoms with van der Waals surface area (Å²) in [6, 6.07) is 16.0. The van der Waals surface area contributed by atoms with E-state index in [9.17, 15) is 19.8 Å². The van der Waals surface area contributed by atoms with Crippen LogP contribution >= 0.6 is 0 Å². The molecule has 0 saturated carbocycles. The number of carboxylic acids is 2. The summed E-state index contributed by atoms with van der Waals surface area (Å²) in [5, 5.41) is 19.0. The van der Waals surface area contributed by atoms with Gasteiger partial charge in [-0.2, -0.15) is 0 Å². The van der Waals surface area contributed by atoms with Crippen LogP contribution in [0.15, 0.2) is 60.7 Å². The van der Waals surface area contributed by atoms with E-state index in [1.807, 2.05) is 0 Å². The van der Waals surface area contributed by atoms with Crippen LogP contribution in [0.3, 0.4) is 0 Å². The third-order valence-electron chi connectivity index (χ3n) is 3.06. The molecule has 0 atom stereocenters. The summed E-state index contributed by atoms with van der Waals surface area (Å²) >= 11 is 0. The van der Waals surface area contributed by atoms with E-state index < -0.39 is 17.4 Å². The zero-order chi connectivity index (χ0) is 13.9. The number of carbonyl (C=O) groups is 2. The van der Waals surface area contributed by atoms with Crippen LogP contribution in [0.25, 0.3) is 0 Å². The number of rotatable bonds is 4. The van der Waals surface area contributed by atoms with Crippen molar-refractivity contribution in [1.29, 1.82) is 0 Å². The van der Waals surface area contributed by atoms with Crippen molar-refractivity contribution in [3.8, 4) is 0 Å². The van der Waals surface area contributed by atoms with Gasteiger partial charge in [-0.1, -0.05) is 60.7 Å². The molecule has 0 aliphatic heterocycles. The maximum absolute atomic E-state index is 11.7. The molecular formula is C15H13LiO4. The number of hydrogen-bond donors (Lipinski definition) is 2. The van der Waals surface area contributed by atoms with E-state index in [1.54, 1.807) is 36.4 Å². The van der Waals surface area contributed by atoms with Crippen molar-refractivity contribution in [2.75, 3.05) is 0 Å². The molecule has 20 heavy (non-hydrogen) atoms. The summed E-state index contributed by atoms with van der Waals surface area (Å²) in [6.45, 7) is 0. The van der Waals surface area contributed by atoms with Gasteiger partial charge in [0.2, 0.25) is 5.41 Å². The normalized spacial score (nSPS) is 10.4. The van der Waals surface area contributed by atoms with Crippen molar-refractivity contribution in [1.82, 2.24) is 0 Å². The van der Waals surface area contributed by atoms with Crippen LogP contribution in [0.5, 0.6) is 0 Å². The van der Waals surface area contributed by atoms with Crippen molar-refractivity contribution in [3.05, 3.63) is 71.8 Å². The molecule has 0 heterocycles. The van der Waals surface area contributed by atoms with Crippen molar-refractivity contribution in [3.63, 3.8) is 0 Å². The Morgan fingerprint density at radius 2 is 1.00 bits per heavy atom. The molecule has 2 N–H and O–H groups in total. The third-order valence-corrected chi connectivity index (χ3v) is 3.06. The number of hydrogen-bond acceptors (Lipinski definition) is 2. The van der Waals surface area contributed by atoms with Crippen LogP contribution in [0.2, 0.25) is 0 Å². The SMILES string of the molecule is O=C(O)C(C(=O)O)(c1ccccc1)c1ccccc1.[LiH]. The quantitative estimate of drug-likeness (QED) is 0.648. The van der Waals surface area contributed by atoms with E-state index in [0.29, 0.717) is 0 Å². The van der Waals surface area contributed by atoms with Gasteiger partial charge in [-0.25, -0.2) is 0 Å². The molecule has 2 aromatic rings. The number of carboxylic acid groups (broad SMARTS) is 2. The first-order valence-corrected chi connectivity index (χ1v) is 5.68. The van der Waals surface area contributed by atoms with Crippen molar-refractivity contribution in [2.24, 2.45) is 0 Å². The molecule has 0 radical (unpaired) electrons. The zero-order valence-electron chi connectivity index (χ0n) is 9.98. The second kappa shape index (κ2) is 6.42. The average molecular weight is 264 g/mol. The molecule has 0 saturated heterocycles. The number of aliphatic carboxylic acids is 2. The van der Waals surface area contributed by atoms with E-state index in [4.69, 9.17) is 0 Å². The van der Waals surface area contributed by atoms with Crippen LogP contribution in [-0.4, -0.2) is 41.0 Å². The van der Waals surface area contributed by atoms with E-state index in [2.05, 4.69) is 0 Å². The molecule has 2 aromatic carbocycles. The first-order chi connectivity index (χ1) is 9.10. The Morgan fingerprint density at radius 1 is 0.700 bits per heavy atom. The predicted molar refractivity (Wildman–Crippen MR) is 76.1 cm³/mol. The fraction of sp³-hybridized carbons (Fsp3) is 0.0667. The van der Waals surface area contributed by atoms with Gasteiger partial charge in [0.05, 0.1) is 0 Å². The Balaban J connectivity index is 0.00000200. The molecule has 4 nitrogen and oxygen atoms in total. The Kier molecular flexibility index (Phi) is 5.15. The Morgan fingerprint density at radius 3 is 1.25 bits per heavy atom. The molecule has 0 spiro atoms. The van der Waals surface area contributed by atoms with Gasteiger partial charge in [0, 0.05) is 0 Å². The maximum atomic E-state index is 11.7. The predicted octanol–water partition coefficient (Wildman–Crippen LogP) is 1.49. The third kappa shape index (κ3) is 2.49. The molecule has 0 aliphatic rings. The van der Waals surface area contributed by atoms with Crippen LogP contribution < -0.4 is 0 Å². The molecule has 0 unspecified atom stereocenters. The van der Waals surface area contributed by atoms with Crippen LogP contribution in [-0.2, 0) is 15.0 Å². The minimum atomic E-state index is -2.08. The first kappa shape index (κ1) is 16.0. The molecule has 0 bridgehead atoms. The Labute approximate surface area is 128 Å². The fourth-order valence-electron chi connectivity index (χ4n) is 2.13. The van der Waals surface area contributed by atoms with Gasteiger partial charge in [-0.3, -0.25) is 9.59 Å². The second-order valence-corrected chi connectivity index (χ2v) is 4.09. The summed E-state index contributed by atoms with van der Waals surface area (Å²) in [7, 11) is 0. The fourth-order valence-corrected chi connectivity index (χ4v) is 2.13. The molecule has 98 valence electrons. The van der Waals surface area contributed by atoms with Gasteiger partial charge in [-0.15, -0.1) is 0 Å². The first-order valence-electron chi connectivity index (χ1n) is 5.68. The van der Waals surface area contributed by atoms with Crippen LogP contribution in [0.4, 0.5) is 0 Å². The average Bonchev–Trinajstić information content (AvgIpc) is 2.41.